The van der Waals surface area contributed by atoms with Crippen LogP contribution < -0.4 is 4.90 Å². The van der Waals surface area contributed by atoms with Gasteiger partial charge in [0.15, 0.2) is 0 Å². The fourth-order valence-electron chi connectivity index (χ4n) is 3.62. The number of para-hydroxylation sites is 1. The molecule has 3 rings (SSSR count). The first kappa shape index (κ1) is 13.9. The monoisotopic (exact) mass is 274 g/mol. The molecule has 2 aliphatic rings. The Morgan fingerprint density at radius 3 is 2.95 bits per heavy atom. The van der Waals surface area contributed by atoms with E-state index in [0.717, 1.165) is 19.1 Å². The Hall–Kier alpha value is -1.06. The number of hydrogen-bond donors (Lipinski definition) is 0. The first-order valence-corrected chi connectivity index (χ1v) is 7.94. The van der Waals surface area contributed by atoms with Crippen LogP contribution in [0.25, 0.3) is 0 Å². The third-order valence-electron chi connectivity index (χ3n) is 4.75. The summed E-state index contributed by atoms with van der Waals surface area (Å²) in [4.78, 5) is 5.29. The Bertz CT molecular complexity index is 435. The minimum atomic E-state index is 0.771. The first-order valence-electron chi connectivity index (χ1n) is 7.94. The fraction of sp³-hybridized carbons (Fsp3) is 0.647. The van der Waals surface area contributed by atoms with Gasteiger partial charge in [0.25, 0.3) is 0 Å². The number of hydrogen-bond acceptors (Lipinski definition) is 3. The number of anilines is 1. The number of methoxy groups -OCH3 is 1. The van der Waals surface area contributed by atoms with Gasteiger partial charge in [-0.2, -0.15) is 0 Å². The molecule has 0 amide bonds. The van der Waals surface area contributed by atoms with Gasteiger partial charge in [-0.25, -0.2) is 0 Å². The molecule has 0 saturated carbocycles. The van der Waals surface area contributed by atoms with Gasteiger partial charge in [0, 0.05) is 38.5 Å². The molecule has 2 saturated heterocycles. The zero-order valence-electron chi connectivity index (χ0n) is 12.6. The van der Waals surface area contributed by atoms with Gasteiger partial charge in [-0.05, 0) is 37.4 Å². The van der Waals surface area contributed by atoms with Crippen molar-refractivity contribution in [3.8, 4) is 0 Å². The van der Waals surface area contributed by atoms with E-state index in [-0.39, 0.29) is 0 Å². The summed E-state index contributed by atoms with van der Waals surface area (Å²) in [5.74, 6) is 0. The molecule has 2 aliphatic heterocycles. The quantitative estimate of drug-likeness (QED) is 0.839. The van der Waals surface area contributed by atoms with Crippen molar-refractivity contribution in [3.63, 3.8) is 0 Å². The number of nitrogens with zero attached hydrogens (tertiary/aromatic N) is 2. The summed E-state index contributed by atoms with van der Waals surface area (Å²) in [7, 11) is 1.78. The molecule has 0 N–H and O–H groups in total. The van der Waals surface area contributed by atoms with E-state index < -0.39 is 0 Å². The molecule has 3 nitrogen and oxygen atoms in total. The van der Waals surface area contributed by atoms with Gasteiger partial charge < -0.3 is 9.64 Å². The summed E-state index contributed by atoms with van der Waals surface area (Å²) in [5.41, 5.74) is 2.85. The summed E-state index contributed by atoms with van der Waals surface area (Å²) < 4.78 is 5.25. The third-order valence-corrected chi connectivity index (χ3v) is 4.75. The number of rotatable bonds is 4. The van der Waals surface area contributed by atoms with E-state index >= 15 is 0 Å². The van der Waals surface area contributed by atoms with Crippen molar-refractivity contribution in [3.05, 3.63) is 29.8 Å². The second kappa shape index (κ2) is 6.59. The minimum Gasteiger partial charge on any atom is -0.384 e. The maximum Gasteiger partial charge on any atom is 0.0503 e. The maximum absolute atomic E-state index is 5.25. The van der Waals surface area contributed by atoms with Crippen LogP contribution in [0.15, 0.2) is 24.3 Å². The lowest BCUT2D eigenvalue weighted by molar-refractivity contribution is 0.133. The summed E-state index contributed by atoms with van der Waals surface area (Å²) in [6.45, 7) is 5.71. The normalized spacial score (nSPS) is 23.6. The van der Waals surface area contributed by atoms with E-state index in [1.807, 2.05) is 0 Å². The number of ether oxygens (including phenoxy) is 1. The highest BCUT2D eigenvalue weighted by atomic mass is 16.5. The van der Waals surface area contributed by atoms with Crippen molar-refractivity contribution in [1.82, 2.24) is 4.90 Å². The molecule has 1 aromatic rings. The van der Waals surface area contributed by atoms with Gasteiger partial charge in [-0.3, -0.25) is 4.90 Å². The van der Waals surface area contributed by atoms with E-state index in [1.54, 1.807) is 7.11 Å². The van der Waals surface area contributed by atoms with Crippen molar-refractivity contribution >= 4 is 5.69 Å². The zero-order valence-corrected chi connectivity index (χ0v) is 12.6. The Balaban J connectivity index is 1.72. The Morgan fingerprint density at radius 2 is 2.05 bits per heavy atom. The lowest BCUT2D eigenvalue weighted by atomic mass is 9.98. The molecule has 1 aromatic carbocycles. The fourth-order valence-corrected chi connectivity index (χ4v) is 3.62. The topological polar surface area (TPSA) is 15.7 Å². The van der Waals surface area contributed by atoms with Gasteiger partial charge >= 0.3 is 0 Å². The van der Waals surface area contributed by atoms with Crippen LogP contribution in [0.3, 0.4) is 0 Å². The van der Waals surface area contributed by atoms with E-state index in [0.29, 0.717) is 0 Å². The van der Waals surface area contributed by atoms with E-state index in [4.69, 9.17) is 4.74 Å². The van der Waals surface area contributed by atoms with Gasteiger partial charge in [-0.1, -0.05) is 24.6 Å². The summed E-state index contributed by atoms with van der Waals surface area (Å²) in [6, 6.07) is 9.61. The minimum absolute atomic E-state index is 0.771. The van der Waals surface area contributed by atoms with Gasteiger partial charge in [-0.15, -0.1) is 0 Å². The second-order valence-electron chi connectivity index (χ2n) is 6.00. The average molecular weight is 274 g/mol. The molecule has 0 spiro atoms. The number of piperidine rings is 1. The molecule has 110 valence electrons. The highest BCUT2D eigenvalue weighted by molar-refractivity contribution is 5.54. The SMILES string of the molecule is COCCc1ccccc1N1CCN2CCCCC2C1. The molecule has 0 bridgehead atoms. The van der Waals surface area contributed by atoms with Crippen LogP contribution in [0.5, 0.6) is 0 Å². The molecule has 20 heavy (non-hydrogen) atoms. The molecule has 0 radical (unpaired) electrons. The van der Waals surface area contributed by atoms with Gasteiger partial charge in [0.05, 0.1) is 6.61 Å². The first-order chi connectivity index (χ1) is 9.88. The van der Waals surface area contributed by atoms with Crippen LogP contribution in [0, 0.1) is 0 Å². The zero-order chi connectivity index (χ0) is 13.8. The van der Waals surface area contributed by atoms with Crippen LogP contribution in [0.1, 0.15) is 24.8 Å². The van der Waals surface area contributed by atoms with Crippen molar-refractivity contribution < 1.29 is 4.74 Å². The van der Waals surface area contributed by atoms with Crippen LogP contribution in [-0.4, -0.2) is 50.8 Å². The molecule has 0 aromatic heterocycles. The maximum atomic E-state index is 5.25. The Kier molecular flexibility index (Phi) is 4.58. The smallest absolute Gasteiger partial charge is 0.0503 e. The summed E-state index contributed by atoms with van der Waals surface area (Å²) in [6.07, 6.45) is 5.18. The number of piperazine rings is 1. The molecule has 3 heteroatoms. The predicted molar refractivity (Wildman–Crippen MR) is 83.4 cm³/mol. The van der Waals surface area contributed by atoms with Crippen molar-refractivity contribution in [1.29, 1.82) is 0 Å². The molecule has 1 atom stereocenters. The lowest BCUT2D eigenvalue weighted by Gasteiger charge is -2.45. The predicted octanol–water partition coefficient (Wildman–Crippen LogP) is 2.55. The van der Waals surface area contributed by atoms with Crippen molar-refractivity contribution in [2.24, 2.45) is 0 Å². The highest BCUT2D eigenvalue weighted by Gasteiger charge is 2.29. The summed E-state index contributed by atoms with van der Waals surface area (Å²) in [5, 5.41) is 0. The highest BCUT2D eigenvalue weighted by Crippen LogP contribution is 2.27. The van der Waals surface area contributed by atoms with Crippen molar-refractivity contribution in [2.45, 2.75) is 31.7 Å². The van der Waals surface area contributed by atoms with E-state index in [2.05, 4.69) is 34.1 Å². The molecule has 1 unspecified atom stereocenters. The van der Waals surface area contributed by atoms with Crippen LogP contribution >= 0.6 is 0 Å². The molecule has 2 fully saturated rings. The van der Waals surface area contributed by atoms with Crippen LogP contribution in [0.2, 0.25) is 0 Å². The lowest BCUT2D eigenvalue weighted by Crippen LogP contribution is -2.55. The largest absolute Gasteiger partial charge is 0.384 e. The van der Waals surface area contributed by atoms with Gasteiger partial charge in [0.2, 0.25) is 0 Å². The standard InChI is InChI=1S/C17H26N2O/c1-20-13-9-15-6-2-3-8-17(15)19-12-11-18-10-5-4-7-16(18)14-19/h2-3,6,8,16H,4-5,7,9-14H2,1H3. The Morgan fingerprint density at radius 1 is 1.15 bits per heavy atom. The summed E-state index contributed by atoms with van der Waals surface area (Å²) >= 11 is 0. The number of fused-ring (bicyclic) bond motifs is 1. The molecule has 2 heterocycles. The molecular formula is C17H26N2O. The van der Waals surface area contributed by atoms with Crippen molar-refractivity contribution in [2.75, 3.05) is 44.8 Å². The van der Waals surface area contributed by atoms with Gasteiger partial charge in [0.1, 0.15) is 0 Å². The molecular weight excluding hydrogens is 248 g/mol. The van der Waals surface area contributed by atoms with E-state index in [9.17, 15) is 0 Å². The second-order valence-corrected chi connectivity index (χ2v) is 6.00. The van der Waals surface area contributed by atoms with E-state index in [1.165, 1.54) is 56.7 Å². The third kappa shape index (κ3) is 2.99. The number of benzene rings is 1. The molecule has 0 aliphatic carbocycles. The van der Waals surface area contributed by atoms with Crippen LogP contribution in [0.4, 0.5) is 5.69 Å². The average Bonchev–Trinajstić information content (AvgIpc) is 2.53. The Labute approximate surface area is 122 Å². The van der Waals surface area contributed by atoms with Crippen LogP contribution in [-0.2, 0) is 11.2 Å².